The maximum absolute atomic E-state index is 11.8. The topological polar surface area (TPSA) is 189 Å². The van der Waals surface area contributed by atoms with Crippen molar-refractivity contribution in [3.05, 3.63) is 163 Å². The standard InChI is InChI=1S/C49H47Cl2N5O8/c1-29-36(27-63-46-15-44(61-26-35-12-33(18-53-4)20-55-22-35)38(13-42(46)50)23-56-48(31(3)58)49(59)60)7-5-9-40(29)41-10-6-8-37(30(41)2)28-64-47-16-45(39(24-57)14-43(47)51)62-25-34-11-32(17-52)19-54-21-34/h5-16,18-22,31,48,56-58H,23-28H2,1-4H3,(H,59,60)/b53-18+/t31-,48+/m0/s1. The summed E-state index contributed by atoms with van der Waals surface area (Å²) in [6.07, 6.45) is 7.00. The van der Waals surface area contributed by atoms with Crippen molar-refractivity contribution in [3.8, 4) is 40.2 Å². The largest absolute Gasteiger partial charge is 0.488 e. The van der Waals surface area contributed by atoms with E-state index in [0.717, 1.165) is 44.5 Å². The fourth-order valence-corrected chi connectivity index (χ4v) is 7.40. The quantitative estimate of drug-likeness (QED) is 0.0535. The molecule has 2 heterocycles. The molecule has 0 saturated carbocycles. The SMILES string of the molecule is C/N=C/c1cncc(COc2cc(OCc3cccc(-c4cccc(COc5cc(OCc6cncc(C#N)c6)c(CO)cc5Cl)c4C)c3C)c(Cl)cc2CN[C@@H](C(=O)O)[C@H](C)O)c1. The second-order valence-electron chi connectivity index (χ2n) is 14.9. The highest BCUT2D eigenvalue weighted by Gasteiger charge is 2.24. The molecule has 330 valence electrons. The first-order chi connectivity index (χ1) is 30.9. The number of pyridine rings is 2. The van der Waals surface area contributed by atoms with Gasteiger partial charge in [0.2, 0.25) is 0 Å². The number of hydrogen-bond acceptors (Lipinski definition) is 12. The number of carboxylic acids is 1. The van der Waals surface area contributed by atoms with Crippen LogP contribution >= 0.6 is 23.2 Å². The van der Waals surface area contributed by atoms with Crippen LogP contribution in [0, 0.1) is 25.2 Å². The molecular weight excluding hydrogens is 857 g/mol. The molecule has 0 unspecified atom stereocenters. The number of halogens is 2. The van der Waals surface area contributed by atoms with Gasteiger partial charge in [-0.25, -0.2) is 0 Å². The van der Waals surface area contributed by atoms with Crippen molar-refractivity contribution < 1.29 is 39.1 Å². The normalized spacial score (nSPS) is 12.1. The number of carbonyl (C=O) groups is 1. The van der Waals surface area contributed by atoms with Crippen LogP contribution in [-0.2, 0) is 44.4 Å². The summed E-state index contributed by atoms with van der Waals surface area (Å²) in [5, 5.41) is 42.4. The van der Waals surface area contributed by atoms with Crippen molar-refractivity contribution in [3.63, 3.8) is 0 Å². The Morgan fingerprint density at radius 3 is 1.83 bits per heavy atom. The maximum atomic E-state index is 11.8. The Hall–Kier alpha value is -6.53. The van der Waals surface area contributed by atoms with Gasteiger partial charge in [0.05, 0.1) is 28.3 Å². The smallest absolute Gasteiger partial charge is 0.323 e. The predicted octanol–water partition coefficient (Wildman–Crippen LogP) is 8.72. The van der Waals surface area contributed by atoms with Gasteiger partial charge in [0.15, 0.2) is 0 Å². The number of nitrogens with zero attached hydrogens (tertiary/aromatic N) is 4. The molecule has 0 bridgehead atoms. The van der Waals surface area contributed by atoms with Gasteiger partial charge in [0.1, 0.15) is 61.5 Å². The lowest BCUT2D eigenvalue weighted by Crippen LogP contribution is -2.44. The summed E-state index contributed by atoms with van der Waals surface area (Å²) in [6, 6.07) is 23.1. The van der Waals surface area contributed by atoms with Gasteiger partial charge in [-0.15, -0.1) is 0 Å². The zero-order valence-electron chi connectivity index (χ0n) is 35.6. The number of hydrogen-bond donors (Lipinski definition) is 4. The molecule has 13 nitrogen and oxygen atoms in total. The number of ether oxygens (including phenoxy) is 4. The van der Waals surface area contributed by atoms with Crippen molar-refractivity contribution in [2.75, 3.05) is 7.05 Å². The molecule has 15 heteroatoms. The van der Waals surface area contributed by atoms with Crippen LogP contribution in [0.3, 0.4) is 0 Å². The van der Waals surface area contributed by atoms with E-state index in [1.807, 2.05) is 44.2 Å². The van der Waals surface area contributed by atoms with E-state index in [1.165, 1.54) is 13.1 Å². The lowest BCUT2D eigenvalue weighted by molar-refractivity contribution is -0.142. The number of aliphatic carboxylic acids is 1. The third-order valence-corrected chi connectivity index (χ3v) is 11.0. The highest BCUT2D eigenvalue weighted by Crippen LogP contribution is 2.37. The van der Waals surface area contributed by atoms with Gasteiger partial charge in [-0.1, -0.05) is 59.6 Å². The first kappa shape index (κ1) is 47.0. The van der Waals surface area contributed by atoms with Gasteiger partial charge < -0.3 is 34.3 Å². The van der Waals surface area contributed by atoms with Crippen molar-refractivity contribution in [1.82, 2.24) is 15.3 Å². The summed E-state index contributed by atoms with van der Waals surface area (Å²) in [7, 11) is 1.68. The molecule has 0 spiro atoms. The van der Waals surface area contributed by atoms with Gasteiger partial charge in [0.25, 0.3) is 0 Å². The summed E-state index contributed by atoms with van der Waals surface area (Å²) in [6.45, 7) is 5.86. The van der Waals surface area contributed by atoms with Gasteiger partial charge in [0, 0.05) is 84.5 Å². The number of aliphatic hydroxyl groups is 2. The summed E-state index contributed by atoms with van der Waals surface area (Å²) >= 11 is 13.4. The van der Waals surface area contributed by atoms with Crippen molar-refractivity contribution in [2.45, 2.75) is 72.5 Å². The molecule has 4 aromatic carbocycles. The molecule has 0 amide bonds. The molecule has 64 heavy (non-hydrogen) atoms. The van der Waals surface area contributed by atoms with Gasteiger partial charge in [-0.05, 0) is 78.4 Å². The Bertz CT molecular complexity index is 2690. The zero-order valence-corrected chi connectivity index (χ0v) is 37.2. The molecule has 0 aliphatic carbocycles. The van der Waals surface area contributed by atoms with Crippen LogP contribution in [0.15, 0.2) is 103 Å². The summed E-state index contributed by atoms with van der Waals surface area (Å²) in [4.78, 5) is 24.2. The minimum atomic E-state index is -1.22. The molecule has 0 saturated heterocycles. The fourth-order valence-electron chi connectivity index (χ4n) is 6.92. The second-order valence-corrected chi connectivity index (χ2v) is 15.7. The first-order valence-corrected chi connectivity index (χ1v) is 20.9. The van der Waals surface area contributed by atoms with Crippen molar-refractivity contribution >= 4 is 35.4 Å². The number of aliphatic hydroxyl groups excluding tert-OH is 2. The van der Waals surface area contributed by atoms with Crippen LogP contribution in [0.4, 0.5) is 0 Å². The van der Waals surface area contributed by atoms with E-state index < -0.39 is 18.1 Å². The molecule has 4 N–H and O–H groups in total. The van der Waals surface area contributed by atoms with Crippen LogP contribution in [0.25, 0.3) is 11.1 Å². The van der Waals surface area contributed by atoms with Crippen LogP contribution in [-0.4, -0.2) is 56.7 Å². The number of benzene rings is 4. The number of rotatable bonds is 20. The third-order valence-electron chi connectivity index (χ3n) is 10.4. The van der Waals surface area contributed by atoms with Crippen LogP contribution in [0.2, 0.25) is 10.0 Å². The van der Waals surface area contributed by atoms with Crippen molar-refractivity contribution in [2.24, 2.45) is 4.99 Å². The van der Waals surface area contributed by atoms with E-state index in [4.69, 9.17) is 42.1 Å². The number of carboxylic acid groups (broad SMARTS) is 1. The Balaban J connectivity index is 1.19. The Kier molecular flexibility index (Phi) is 16.3. The van der Waals surface area contributed by atoms with E-state index in [-0.39, 0.29) is 39.6 Å². The average Bonchev–Trinajstić information content (AvgIpc) is 3.28. The van der Waals surface area contributed by atoms with E-state index in [1.54, 1.807) is 62.2 Å². The van der Waals surface area contributed by atoms with E-state index in [0.29, 0.717) is 55.3 Å². The van der Waals surface area contributed by atoms with E-state index >= 15 is 0 Å². The van der Waals surface area contributed by atoms with E-state index in [9.17, 15) is 25.4 Å². The molecular formula is C49H47Cl2N5O8. The molecule has 2 atom stereocenters. The number of aliphatic imine (C=N–C) groups is 1. The Morgan fingerprint density at radius 2 is 1.30 bits per heavy atom. The number of nitrogens with one attached hydrogen (secondary N) is 1. The second kappa shape index (κ2) is 22.2. The summed E-state index contributed by atoms with van der Waals surface area (Å²) < 4.78 is 24.9. The lowest BCUT2D eigenvalue weighted by atomic mass is 9.92. The zero-order chi connectivity index (χ0) is 45.8. The molecule has 6 aromatic rings. The monoisotopic (exact) mass is 903 g/mol. The van der Waals surface area contributed by atoms with E-state index in [2.05, 4.69) is 38.5 Å². The molecule has 6 rings (SSSR count). The van der Waals surface area contributed by atoms with Crippen LogP contribution < -0.4 is 24.3 Å². The summed E-state index contributed by atoms with van der Waals surface area (Å²) in [5.41, 5.74) is 9.62. The minimum absolute atomic E-state index is 0.0412. The molecule has 2 aromatic heterocycles. The highest BCUT2D eigenvalue weighted by molar-refractivity contribution is 6.32. The average molecular weight is 905 g/mol. The Morgan fingerprint density at radius 1 is 0.766 bits per heavy atom. The predicted molar refractivity (Wildman–Crippen MR) is 244 cm³/mol. The first-order valence-electron chi connectivity index (χ1n) is 20.2. The van der Waals surface area contributed by atoms with Gasteiger partial charge in [-0.2, -0.15) is 5.26 Å². The fraction of sp³-hybridized carbons (Fsp3) is 0.245. The van der Waals surface area contributed by atoms with Crippen LogP contribution in [0.5, 0.6) is 23.0 Å². The van der Waals surface area contributed by atoms with Crippen LogP contribution in [0.1, 0.15) is 62.6 Å². The highest BCUT2D eigenvalue weighted by atomic mass is 35.5. The molecule has 0 fully saturated rings. The molecule has 0 aliphatic rings. The minimum Gasteiger partial charge on any atom is -0.488 e. The van der Waals surface area contributed by atoms with Gasteiger partial charge in [-0.3, -0.25) is 25.1 Å². The van der Waals surface area contributed by atoms with Gasteiger partial charge >= 0.3 is 5.97 Å². The molecule has 0 aliphatic heterocycles. The Labute approximate surface area is 381 Å². The molecule has 0 radical (unpaired) electrons. The number of aromatic nitrogens is 2. The summed E-state index contributed by atoms with van der Waals surface area (Å²) in [5.74, 6) is 0.353. The third kappa shape index (κ3) is 11.9. The van der Waals surface area contributed by atoms with Crippen molar-refractivity contribution in [1.29, 1.82) is 5.26 Å². The maximum Gasteiger partial charge on any atom is 0.323 e. The lowest BCUT2D eigenvalue weighted by Gasteiger charge is -2.20. The number of nitriles is 1.